The van der Waals surface area contributed by atoms with E-state index in [2.05, 4.69) is 27.9 Å². The smallest absolute Gasteiger partial charge is 0.273 e. The predicted molar refractivity (Wildman–Crippen MR) is 108 cm³/mol. The number of ether oxygens (including phenoxy) is 1. The van der Waals surface area contributed by atoms with Gasteiger partial charge in [-0.25, -0.2) is 0 Å². The van der Waals surface area contributed by atoms with Crippen LogP contribution in [0.4, 0.5) is 17.1 Å². The third-order valence-electron chi connectivity index (χ3n) is 4.27. The van der Waals surface area contributed by atoms with Gasteiger partial charge in [-0.1, -0.05) is 0 Å². The normalized spacial score (nSPS) is 16.3. The molecule has 0 aliphatic carbocycles. The maximum atomic E-state index is 12.5. The van der Waals surface area contributed by atoms with Crippen LogP contribution in [0.1, 0.15) is 6.42 Å². The van der Waals surface area contributed by atoms with Gasteiger partial charge in [-0.05, 0) is 52.9 Å². The van der Waals surface area contributed by atoms with E-state index in [0.29, 0.717) is 11.4 Å². The Labute approximate surface area is 168 Å². The first-order valence-corrected chi connectivity index (χ1v) is 9.16. The summed E-state index contributed by atoms with van der Waals surface area (Å²) in [6.07, 6.45) is 0.0658. The number of nitro groups is 1. The Morgan fingerprint density at radius 1 is 1.30 bits per heavy atom. The van der Waals surface area contributed by atoms with Crippen molar-refractivity contribution in [3.8, 4) is 5.75 Å². The Balaban J connectivity index is 1.76. The van der Waals surface area contributed by atoms with E-state index in [0.717, 1.165) is 3.57 Å². The lowest BCUT2D eigenvalue weighted by atomic mass is 10.1. The number of hydrogen-bond acceptors (Lipinski definition) is 5. The van der Waals surface area contributed by atoms with E-state index in [-0.39, 0.29) is 36.2 Å². The lowest BCUT2D eigenvalue weighted by Gasteiger charge is -2.19. The Morgan fingerprint density at radius 2 is 2.00 bits per heavy atom. The molecule has 8 nitrogen and oxygen atoms in total. The van der Waals surface area contributed by atoms with E-state index < -0.39 is 10.8 Å². The van der Waals surface area contributed by atoms with Crippen LogP contribution in [0, 0.1) is 19.6 Å². The van der Waals surface area contributed by atoms with Gasteiger partial charge in [-0.2, -0.15) is 0 Å². The zero-order valence-electron chi connectivity index (χ0n) is 14.3. The molecule has 1 aliphatic rings. The third-order valence-corrected chi connectivity index (χ3v) is 4.99. The van der Waals surface area contributed by atoms with Crippen molar-refractivity contribution in [2.75, 3.05) is 23.9 Å². The second kappa shape index (κ2) is 7.91. The number of carbonyl (C=O) groups excluding carboxylic acids is 2. The minimum Gasteiger partial charge on any atom is -0.494 e. The van der Waals surface area contributed by atoms with Crippen LogP contribution >= 0.6 is 22.6 Å². The largest absolute Gasteiger partial charge is 0.494 e. The predicted octanol–water partition coefficient (Wildman–Crippen LogP) is 3.20. The molecule has 9 heteroatoms. The van der Waals surface area contributed by atoms with Crippen molar-refractivity contribution >= 4 is 51.5 Å². The summed E-state index contributed by atoms with van der Waals surface area (Å²) in [5, 5.41) is 13.7. The number of amides is 2. The van der Waals surface area contributed by atoms with Gasteiger partial charge in [0.15, 0.2) is 0 Å². The molecular formula is C18H16IN3O5. The monoisotopic (exact) mass is 481 g/mol. The summed E-state index contributed by atoms with van der Waals surface area (Å²) >= 11 is 2.17. The molecule has 140 valence electrons. The molecule has 1 saturated heterocycles. The summed E-state index contributed by atoms with van der Waals surface area (Å²) in [5.41, 5.74) is 0.951. The standard InChI is InChI=1S/C18H16IN3O5/c1-27-16-9-14(22(25)26)6-7-15(16)21-10-11(8-17(21)23)18(24)20-13-4-2-12(19)3-5-13/h2-7,9,11H,8,10H2,1H3,(H,20,24)/t11-/m1/s1. The van der Waals surface area contributed by atoms with Crippen molar-refractivity contribution < 1.29 is 19.2 Å². The minimum absolute atomic E-state index is 0.0658. The highest BCUT2D eigenvalue weighted by Crippen LogP contribution is 2.36. The second-order valence-corrected chi connectivity index (χ2v) is 7.26. The molecule has 0 bridgehead atoms. The van der Waals surface area contributed by atoms with Gasteiger partial charge in [-0.15, -0.1) is 0 Å². The Hall–Kier alpha value is -2.69. The van der Waals surface area contributed by atoms with Crippen molar-refractivity contribution in [3.05, 3.63) is 56.1 Å². The molecule has 2 amide bonds. The number of methoxy groups -OCH3 is 1. The average Bonchev–Trinajstić information content (AvgIpc) is 3.04. The summed E-state index contributed by atoms with van der Waals surface area (Å²) in [7, 11) is 1.38. The molecule has 2 aromatic carbocycles. The summed E-state index contributed by atoms with van der Waals surface area (Å²) < 4.78 is 6.25. The lowest BCUT2D eigenvalue weighted by Crippen LogP contribution is -2.28. The van der Waals surface area contributed by atoms with E-state index in [1.165, 1.54) is 30.2 Å². The second-order valence-electron chi connectivity index (χ2n) is 6.01. The van der Waals surface area contributed by atoms with Crippen LogP contribution in [0.3, 0.4) is 0 Å². The van der Waals surface area contributed by atoms with Crippen molar-refractivity contribution in [3.63, 3.8) is 0 Å². The zero-order valence-corrected chi connectivity index (χ0v) is 16.5. The van der Waals surface area contributed by atoms with Crippen LogP contribution in [-0.2, 0) is 9.59 Å². The quantitative estimate of drug-likeness (QED) is 0.402. The van der Waals surface area contributed by atoms with Crippen molar-refractivity contribution in [2.45, 2.75) is 6.42 Å². The molecule has 0 radical (unpaired) electrons. The van der Waals surface area contributed by atoms with Crippen molar-refractivity contribution in [1.29, 1.82) is 0 Å². The lowest BCUT2D eigenvalue weighted by molar-refractivity contribution is -0.384. The van der Waals surface area contributed by atoms with Gasteiger partial charge in [0.25, 0.3) is 5.69 Å². The number of non-ortho nitro benzene ring substituents is 1. The molecule has 1 atom stereocenters. The number of carbonyl (C=O) groups is 2. The Bertz CT molecular complexity index is 900. The molecule has 27 heavy (non-hydrogen) atoms. The molecular weight excluding hydrogens is 465 g/mol. The first-order valence-electron chi connectivity index (χ1n) is 8.08. The van der Waals surface area contributed by atoms with Crippen molar-refractivity contribution in [2.24, 2.45) is 5.92 Å². The number of anilines is 2. The van der Waals surface area contributed by atoms with Gasteiger partial charge in [0.05, 0.1) is 29.7 Å². The molecule has 1 heterocycles. The summed E-state index contributed by atoms with van der Waals surface area (Å²) in [6, 6.07) is 11.4. The van der Waals surface area contributed by atoms with Gasteiger partial charge < -0.3 is 15.0 Å². The van der Waals surface area contributed by atoms with E-state index >= 15 is 0 Å². The number of rotatable bonds is 5. The van der Waals surface area contributed by atoms with E-state index in [4.69, 9.17) is 4.74 Å². The first kappa shape index (κ1) is 19.1. The topological polar surface area (TPSA) is 102 Å². The maximum absolute atomic E-state index is 12.5. The zero-order chi connectivity index (χ0) is 19.6. The average molecular weight is 481 g/mol. The fourth-order valence-electron chi connectivity index (χ4n) is 2.90. The van der Waals surface area contributed by atoms with Gasteiger partial charge in [-0.3, -0.25) is 19.7 Å². The molecule has 0 saturated carbocycles. The van der Waals surface area contributed by atoms with Crippen LogP contribution in [0.15, 0.2) is 42.5 Å². The summed E-state index contributed by atoms with van der Waals surface area (Å²) in [4.78, 5) is 36.8. The maximum Gasteiger partial charge on any atom is 0.273 e. The highest BCUT2D eigenvalue weighted by molar-refractivity contribution is 14.1. The first-order chi connectivity index (χ1) is 12.9. The number of nitrogens with zero attached hydrogens (tertiary/aromatic N) is 2. The van der Waals surface area contributed by atoms with Crippen LogP contribution in [-0.4, -0.2) is 30.4 Å². The summed E-state index contributed by atoms with van der Waals surface area (Å²) in [6.45, 7) is 0.184. The molecule has 0 aromatic heterocycles. The number of nitro benzene ring substituents is 1. The van der Waals surface area contributed by atoms with Gasteiger partial charge in [0.1, 0.15) is 5.75 Å². The van der Waals surface area contributed by atoms with Crippen LogP contribution in [0.25, 0.3) is 0 Å². The van der Waals surface area contributed by atoms with Crippen LogP contribution in [0.5, 0.6) is 5.75 Å². The summed E-state index contributed by atoms with van der Waals surface area (Å²) in [5.74, 6) is -0.772. The SMILES string of the molecule is COc1cc([N+](=O)[O-])ccc1N1C[C@H](C(=O)Nc2ccc(I)cc2)CC1=O. The molecule has 0 unspecified atom stereocenters. The molecule has 0 spiro atoms. The van der Waals surface area contributed by atoms with Gasteiger partial charge in [0.2, 0.25) is 11.8 Å². The highest BCUT2D eigenvalue weighted by Gasteiger charge is 2.36. The van der Waals surface area contributed by atoms with Crippen molar-refractivity contribution in [1.82, 2.24) is 0 Å². The molecule has 3 rings (SSSR count). The third kappa shape index (κ3) is 4.18. The fourth-order valence-corrected chi connectivity index (χ4v) is 3.26. The van der Waals surface area contributed by atoms with Crippen LogP contribution in [0.2, 0.25) is 0 Å². The van der Waals surface area contributed by atoms with Gasteiger partial charge >= 0.3 is 0 Å². The van der Waals surface area contributed by atoms with E-state index in [1.54, 1.807) is 12.1 Å². The number of halogens is 1. The van der Waals surface area contributed by atoms with Crippen LogP contribution < -0.4 is 15.0 Å². The minimum atomic E-state index is -0.532. The Kier molecular flexibility index (Phi) is 5.59. The number of hydrogen-bond donors (Lipinski definition) is 1. The van der Waals surface area contributed by atoms with Gasteiger partial charge in [0, 0.05) is 28.3 Å². The highest BCUT2D eigenvalue weighted by atomic mass is 127. The molecule has 1 fully saturated rings. The van der Waals surface area contributed by atoms with E-state index in [9.17, 15) is 19.7 Å². The molecule has 1 aliphatic heterocycles. The fraction of sp³-hybridized carbons (Fsp3) is 0.222. The molecule has 1 N–H and O–H groups in total. The molecule has 2 aromatic rings. The Morgan fingerprint density at radius 3 is 2.63 bits per heavy atom. The van der Waals surface area contributed by atoms with E-state index in [1.807, 2.05) is 12.1 Å². The number of benzene rings is 2. The number of nitrogens with one attached hydrogen (secondary N) is 1.